The second-order valence-electron chi connectivity index (χ2n) is 3.07. The average molecular weight is 220 g/mol. The van der Waals surface area contributed by atoms with Crippen molar-refractivity contribution in [2.24, 2.45) is 4.99 Å². The van der Waals surface area contributed by atoms with Gasteiger partial charge in [-0.3, -0.25) is 0 Å². The lowest BCUT2D eigenvalue weighted by molar-refractivity contribution is 1.38. The number of hydrogen-bond donors (Lipinski definition) is 0. The zero-order valence-corrected chi connectivity index (χ0v) is 9.50. The highest BCUT2D eigenvalue weighted by Gasteiger charge is 2.07. The number of aliphatic imine (C=N–C) groups is 1. The van der Waals surface area contributed by atoms with Gasteiger partial charge in [0.25, 0.3) is 0 Å². The Morgan fingerprint density at radius 1 is 1.50 bits per heavy atom. The van der Waals surface area contributed by atoms with Gasteiger partial charge < -0.3 is 0 Å². The zero-order valence-electron chi connectivity index (χ0n) is 7.87. The predicted molar refractivity (Wildman–Crippen MR) is 63.8 cm³/mol. The van der Waals surface area contributed by atoms with Crippen molar-refractivity contribution < 1.29 is 0 Å². The van der Waals surface area contributed by atoms with E-state index < -0.39 is 0 Å². The largest absolute Gasteiger partial charge is 0.244 e. The summed E-state index contributed by atoms with van der Waals surface area (Å²) in [5.41, 5.74) is 6.08. The van der Waals surface area contributed by atoms with Gasteiger partial charge in [0, 0.05) is 0 Å². The fourth-order valence-electron chi connectivity index (χ4n) is 1.46. The highest BCUT2D eigenvalue weighted by molar-refractivity contribution is 7.78. The molecule has 0 radical (unpaired) electrons. The van der Waals surface area contributed by atoms with Crippen LogP contribution in [0.4, 0.5) is 5.69 Å². The van der Waals surface area contributed by atoms with Crippen molar-refractivity contribution in [2.45, 2.75) is 13.8 Å². The number of hydrogen-bond acceptors (Lipinski definition) is 4. The van der Waals surface area contributed by atoms with E-state index in [1.54, 1.807) is 11.3 Å². The summed E-state index contributed by atoms with van der Waals surface area (Å²) >= 11 is 6.25. The summed E-state index contributed by atoms with van der Waals surface area (Å²) in [6, 6.07) is 2.00. The van der Waals surface area contributed by atoms with Crippen LogP contribution in [0.2, 0.25) is 0 Å². The molecule has 0 spiro atoms. The number of isothiocyanates is 1. The Morgan fingerprint density at radius 3 is 3.00 bits per heavy atom. The Kier molecular flexibility index (Phi) is 2.42. The van der Waals surface area contributed by atoms with E-state index in [1.165, 1.54) is 4.70 Å². The van der Waals surface area contributed by atoms with Gasteiger partial charge in [-0.05, 0) is 43.3 Å². The summed E-state index contributed by atoms with van der Waals surface area (Å²) in [6.45, 7) is 4.06. The quantitative estimate of drug-likeness (QED) is 0.541. The van der Waals surface area contributed by atoms with Gasteiger partial charge in [-0.2, -0.15) is 4.99 Å². The Hall–Kier alpha value is -1.09. The zero-order chi connectivity index (χ0) is 10.1. The third-order valence-electron chi connectivity index (χ3n) is 2.19. The van der Waals surface area contributed by atoms with E-state index in [0.717, 1.165) is 22.3 Å². The molecule has 1 aromatic carbocycles. The van der Waals surface area contributed by atoms with E-state index in [1.807, 2.05) is 25.4 Å². The fourth-order valence-corrected chi connectivity index (χ4v) is 2.42. The van der Waals surface area contributed by atoms with Crippen molar-refractivity contribution >= 4 is 44.6 Å². The first kappa shape index (κ1) is 9.46. The summed E-state index contributed by atoms with van der Waals surface area (Å²) < 4.78 is 1.19. The van der Waals surface area contributed by atoms with Crippen LogP contribution in [0.3, 0.4) is 0 Å². The molecular formula is C10H8N2S2. The first-order chi connectivity index (χ1) is 6.74. The molecular weight excluding hydrogens is 212 g/mol. The molecule has 2 aromatic rings. The second-order valence-corrected chi connectivity index (χ2v) is 4.11. The number of aryl methyl sites for hydroxylation is 2. The van der Waals surface area contributed by atoms with Crippen LogP contribution in [0.25, 0.3) is 10.2 Å². The van der Waals surface area contributed by atoms with Crippen molar-refractivity contribution in [1.29, 1.82) is 0 Å². The molecule has 0 amide bonds. The van der Waals surface area contributed by atoms with Crippen LogP contribution in [-0.2, 0) is 0 Å². The Labute approximate surface area is 91.3 Å². The first-order valence-electron chi connectivity index (χ1n) is 4.15. The minimum absolute atomic E-state index is 0.897. The Bertz CT molecular complexity index is 536. The monoisotopic (exact) mass is 220 g/mol. The standard InChI is InChI=1S/C10H8N2S2/c1-6-3-8(11-4-13)7(2)10-9(6)12-5-14-10/h3,5H,1-2H3. The lowest BCUT2D eigenvalue weighted by atomic mass is 10.1. The van der Waals surface area contributed by atoms with Crippen LogP contribution in [-0.4, -0.2) is 10.1 Å². The number of thiocarbonyl (C=S) groups is 1. The van der Waals surface area contributed by atoms with Gasteiger partial charge in [0.1, 0.15) is 0 Å². The van der Waals surface area contributed by atoms with Crippen molar-refractivity contribution in [3.8, 4) is 0 Å². The molecule has 0 saturated carbocycles. The van der Waals surface area contributed by atoms with Gasteiger partial charge >= 0.3 is 0 Å². The molecule has 0 aliphatic carbocycles. The minimum Gasteiger partial charge on any atom is -0.244 e. The van der Waals surface area contributed by atoms with Gasteiger partial charge in [-0.1, -0.05) is 0 Å². The third-order valence-corrected chi connectivity index (χ3v) is 3.22. The van der Waals surface area contributed by atoms with E-state index >= 15 is 0 Å². The second kappa shape index (κ2) is 3.58. The molecule has 0 saturated heterocycles. The molecule has 0 bridgehead atoms. The lowest BCUT2D eigenvalue weighted by Gasteiger charge is -2.02. The number of thiazole rings is 1. The molecule has 0 unspecified atom stereocenters. The summed E-state index contributed by atoms with van der Waals surface area (Å²) in [6.07, 6.45) is 0. The topological polar surface area (TPSA) is 25.2 Å². The number of benzene rings is 1. The highest BCUT2D eigenvalue weighted by Crippen LogP contribution is 2.32. The van der Waals surface area contributed by atoms with E-state index in [0.29, 0.717) is 0 Å². The molecule has 1 aromatic heterocycles. The molecule has 0 N–H and O–H groups in total. The predicted octanol–water partition coefficient (Wildman–Crippen LogP) is 3.65. The van der Waals surface area contributed by atoms with Crippen molar-refractivity contribution in [1.82, 2.24) is 4.98 Å². The molecule has 0 atom stereocenters. The van der Waals surface area contributed by atoms with Crippen LogP contribution in [0.5, 0.6) is 0 Å². The van der Waals surface area contributed by atoms with Crippen LogP contribution in [0, 0.1) is 13.8 Å². The first-order valence-corrected chi connectivity index (χ1v) is 5.44. The van der Waals surface area contributed by atoms with Crippen LogP contribution >= 0.6 is 23.6 Å². The van der Waals surface area contributed by atoms with Crippen molar-refractivity contribution in [3.63, 3.8) is 0 Å². The number of aromatic nitrogens is 1. The van der Waals surface area contributed by atoms with E-state index in [9.17, 15) is 0 Å². The van der Waals surface area contributed by atoms with Crippen LogP contribution < -0.4 is 0 Å². The van der Waals surface area contributed by atoms with E-state index in [2.05, 4.69) is 27.4 Å². The highest BCUT2D eigenvalue weighted by atomic mass is 32.1. The third kappa shape index (κ3) is 1.38. The molecule has 0 aliphatic heterocycles. The van der Waals surface area contributed by atoms with Crippen molar-refractivity contribution in [3.05, 3.63) is 22.7 Å². The van der Waals surface area contributed by atoms with Crippen LogP contribution in [0.1, 0.15) is 11.1 Å². The fraction of sp³-hybridized carbons (Fsp3) is 0.200. The van der Waals surface area contributed by atoms with E-state index in [-0.39, 0.29) is 0 Å². The van der Waals surface area contributed by atoms with Gasteiger partial charge in [-0.15, -0.1) is 11.3 Å². The average Bonchev–Trinajstić information content (AvgIpc) is 2.63. The minimum atomic E-state index is 0.897. The molecule has 2 rings (SSSR count). The lowest BCUT2D eigenvalue weighted by Crippen LogP contribution is -1.81. The normalized spacial score (nSPS) is 10.1. The van der Waals surface area contributed by atoms with Gasteiger partial charge in [0.15, 0.2) is 0 Å². The smallest absolute Gasteiger partial charge is 0.0845 e. The van der Waals surface area contributed by atoms with Crippen LogP contribution in [0.15, 0.2) is 16.6 Å². The maximum atomic E-state index is 4.61. The summed E-state index contributed by atoms with van der Waals surface area (Å²) in [4.78, 5) is 8.35. The summed E-state index contributed by atoms with van der Waals surface area (Å²) in [5, 5.41) is 2.40. The van der Waals surface area contributed by atoms with E-state index in [4.69, 9.17) is 0 Å². The summed E-state index contributed by atoms with van der Waals surface area (Å²) in [5.74, 6) is 0. The number of fused-ring (bicyclic) bond motifs is 1. The van der Waals surface area contributed by atoms with Gasteiger partial charge in [-0.25, -0.2) is 4.98 Å². The summed E-state index contributed by atoms with van der Waals surface area (Å²) in [7, 11) is 0. The molecule has 0 fully saturated rings. The Morgan fingerprint density at radius 2 is 2.29 bits per heavy atom. The molecule has 70 valence electrons. The maximum absolute atomic E-state index is 4.61. The maximum Gasteiger partial charge on any atom is 0.0845 e. The molecule has 4 heteroatoms. The Balaban J connectivity index is 2.88. The molecule has 14 heavy (non-hydrogen) atoms. The van der Waals surface area contributed by atoms with Gasteiger partial charge in [0.2, 0.25) is 0 Å². The number of rotatable bonds is 1. The van der Waals surface area contributed by atoms with Gasteiger partial charge in [0.05, 0.1) is 26.6 Å². The molecule has 0 aliphatic rings. The number of nitrogens with zero attached hydrogens (tertiary/aromatic N) is 2. The SMILES string of the molecule is Cc1cc(N=C=S)c(C)c2scnc12. The molecule has 1 heterocycles. The van der Waals surface area contributed by atoms with Crippen molar-refractivity contribution in [2.75, 3.05) is 0 Å². The molecule has 2 nitrogen and oxygen atoms in total.